The second kappa shape index (κ2) is 11.0. The first-order chi connectivity index (χ1) is 19.5. The van der Waals surface area contributed by atoms with Gasteiger partial charge in [0.1, 0.15) is 5.82 Å². The SMILES string of the molecule is O=C(Nc1ccc2nc(Cc3ccccc3)n(Cc3ccc(-c4ccc(Cl)cc4)cc3)c(=O)c2c1)c1ccco1. The molecule has 2 heterocycles. The van der Waals surface area contributed by atoms with Crippen molar-refractivity contribution >= 4 is 34.1 Å². The van der Waals surface area contributed by atoms with Crippen LogP contribution in [0.5, 0.6) is 0 Å². The van der Waals surface area contributed by atoms with E-state index in [9.17, 15) is 9.59 Å². The molecule has 0 unspecified atom stereocenters. The maximum absolute atomic E-state index is 13.9. The minimum atomic E-state index is -0.390. The standard InChI is InChI=1S/C33H24ClN3O3/c34-26-14-12-25(13-15-26)24-10-8-23(9-11-24)21-37-31(19-22-5-2-1-3-6-22)36-29-17-16-27(20-28(29)33(37)39)35-32(38)30-7-4-18-40-30/h1-18,20H,19,21H2,(H,35,38). The molecule has 6 aromatic rings. The van der Waals surface area contributed by atoms with E-state index in [2.05, 4.69) is 5.32 Å². The zero-order chi connectivity index (χ0) is 27.5. The van der Waals surface area contributed by atoms with Crippen molar-refractivity contribution in [2.24, 2.45) is 0 Å². The maximum Gasteiger partial charge on any atom is 0.291 e. The number of fused-ring (bicyclic) bond motifs is 1. The number of benzene rings is 4. The van der Waals surface area contributed by atoms with Crippen molar-refractivity contribution in [2.45, 2.75) is 13.0 Å². The van der Waals surface area contributed by atoms with Crippen LogP contribution in [0.15, 0.2) is 125 Å². The van der Waals surface area contributed by atoms with Crippen molar-refractivity contribution < 1.29 is 9.21 Å². The summed E-state index contributed by atoms with van der Waals surface area (Å²) in [5.41, 5.74) is 5.04. The Bertz CT molecular complexity index is 1850. The highest BCUT2D eigenvalue weighted by atomic mass is 35.5. The van der Waals surface area contributed by atoms with Crippen molar-refractivity contribution in [3.8, 4) is 11.1 Å². The molecule has 6 rings (SSSR count). The number of carbonyl (C=O) groups is 1. The van der Waals surface area contributed by atoms with Gasteiger partial charge < -0.3 is 9.73 Å². The van der Waals surface area contributed by atoms with Gasteiger partial charge in [0, 0.05) is 17.1 Å². The van der Waals surface area contributed by atoms with Crippen molar-refractivity contribution in [2.75, 3.05) is 5.32 Å². The number of nitrogens with zero attached hydrogens (tertiary/aromatic N) is 2. The number of amides is 1. The Kier molecular flexibility index (Phi) is 7.00. The van der Waals surface area contributed by atoms with E-state index in [4.69, 9.17) is 21.0 Å². The lowest BCUT2D eigenvalue weighted by Crippen LogP contribution is -2.26. The summed E-state index contributed by atoms with van der Waals surface area (Å²) in [5, 5.41) is 3.91. The van der Waals surface area contributed by atoms with Crippen LogP contribution in [0, 0.1) is 0 Å². The van der Waals surface area contributed by atoms with E-state index < -0.39 is 0 Å². The van der Waals surface area contributed by atoms with Gasteiger partial charge in [0.2, 0.25) is 0 Å². The zero-order valence-corrected chi connectivity index (χ0v) is 22.1. The molecule has 0 atom stereocenters. The third-order valence-electron chi connectivity index (χ3n) is 6.71. The molecule has 0 aliphatic rings. The van der Waals surface area contributed by atoms with Gasteiger partial charge in [-0.3, -0.25) is 14.2 Å². The van der Waals surface area contributed by atoms with Crippen LogP contribution < -0.4 is 10.9 Å². The fraction of sp³-hybridized carbons (Fsp3) is 0.0606. The summed E-state index contributed by atoms with van der Waals surface area (Å²) in [6.45, 7) is 0.355. The lowest BCUT2D eigenvalue weighted by atomic mass is 10.0. The fourth-order valence-corrected chi connectivity index (χ4v) is 4.78. The highest BCUT2D eigenvalue weighted by Gasteiger charge is 2.15. The minimum Gasteiger partial charge on any atom is -0.459 e. The van der Waals surface area contributed by atoms with Crippen LogP contribution in [-0.4, -0.2) is 15.5 Å². The van der Waals surface area contributed by atoms with Crippen molar-refractivity contribution in [1.82, 2.24) is 9.55 Å². The first kappa shape index (κ1) is 25.3. The molecule has 196 valence electrons. The lowest BCUT2D eigenvalue weighted by Gasteiger charge is -2.15. The highest BCUT2D eigenvalue weighted by molar-refractivity contribution is 6.30. The summed E-state index contributed by atoms with van der Waals surface area (Å²) in [5.74, 6) is 0.466. The zero-order valence-electron chi connectivity index (χ0n) is 21.4. The third kappa shape index (κ3) is 5.44. The first-order valence-electron chi connectivity index (χ1n) is 12.8. The second-order valence-corrected chi connectivity index (χ2v) is 9.89. The first-order valence-corrected chi connectivity index (χ1v) is 13.2. The normalized spacial score (nSPS) is 11.0. The van der Waals surface area contributed by atoms with Crippen LogP contribution in [0.1, 0.15) is 27.5 Å². The molecule has 1 amide bonds. The minimum absolute atomic E-state index is 0.174. The smallest absolute Gasteiger partial charge is 0.291 e. The number of hydrogen-bond donors (Lipinski definition) is 1. The molecule has 0 bridgehead atoms. The molecule has 0 aliphatic carbocycles. The number of aromatic nitrogens is 2. The molecule has 6 nitrogen and oxygen atoms in total. The van der Waals surface area contributed by atoms with Crippen LogP contribution in [0.25, 0.3) is 22.0 Å². The average molecular weight is 546 g/mol. The van der Waals surface area contributed by atoms with E-state index in [1.54, 1.807) is 34.9 Å². The molecular formula is C33H24ClN3O3. The molecule has 1 N–H and O–H groups in total. The quantitative estimate of drug-likeness (QED) is 0.230. The van der Waals surface area contributed by atoms with Gasteiger partial charge >= 0.3 is 0 Å². The van der Waals surface area contributed by atoms with Crippen LogP contribution in [-0.2, 0) is 13.0 Å². The summed E-state index contributed by atoms with van der Waals surface area (Å²) >= 11 is 6.04. The van der Waals surface area contributed by atoms with E-state index >= 15 is 0 Å². The van der Waals surface area contributed by atoms with Gasteiger partial charge in [-0.2, -0.15) is 0 Å². The van der Waals surface area contributed by atoms with Crippen molar-refractivity contribution in [3.05, 3.63) is 154 Å². The Labute approximate surface area is 235 Å². The molecule has 4 aromatic carbocycles. The topological polar surface area (TPSA) is 77.1 Å². The van der Waals surface area contributed by atoms with Crippen molar-refractivity contribution in [1.29, 1.82) is 0 Å². The van der Waals surface area contributed by atoms with Gasteiger partial charge in [0.15, 0.2) is 5.76 Å². The number of furan rings is 1. The molecule has 2 aromatic heterocycles. The molecule has 0 saturated carbocycles. The van der Waals surface area contributed by atoms with E-state index in [1.807, 2.05) is 78.9 Å². The summed E-state index contributed by atoms with van der Waals surface area (Å²) < 4.78 is 6.90. The summed E-state index contributed by atoms with van der Waals surface area (Å²) in [7, 11) is 0. The van der Waals surface area contributed by atoms with Gasteiger partial charge in [-0.25, -0.2) is 4.98 Å². The molecule has 7 heteroatoms. The Morgan fingerprint density at radius 2 is 1.55 bits per heavy atom. The van der Waals surface area contributed by atoms with E-state index in [-0.39, 0.29) is 17.2 Å². The van der Waals surface area contributed by atoms with Crippen LogP contribution in [0.4, 0.5) is 5.69 Å². The van der Waals surface area contributed by atoms with Gasteiger partial charge in [-0.15, -0.1) is 0 Å². The van der Waals surface area contributed by atoms with Gasteiger partial charge in [0.05, 0.1) is 23.7 Å². The number of halogens is 1. The molecule has 0 aliphatic heterocycles. The lowest BCUT2D eigenvalue weighted by molar-refractivity contribution is 0.0996. The predicted molar refractivity (Wildman–Crippen MR) is 158 cm³/mol. The van der Waals surface area contributed by atoms with Gasteiger partial charge in [0.25, 0.3) is 11.5 Å². The molecule has 0 radical (unpaired) electrons. The molecule has 40 heavy (non-hydrogen) atoms. The average Bonchev–Trinajstić information content (AvgIpc) is 3.52. The molecule has 0 saturated heterocycles. The van der Waals surface area contributed by atoms with E-state index in [0.29, 0.717) is 40.4 Å². The van der Waals surface area contributed by atoms with Crippen LogP contribution in [0.3, 0.4) is 0 Å². The fourth-order valence-electron chi connectivity index (χ4n) is 4.65. The summed E-state index contributed by atoms with van der Waals surface area (Å²) in [6.07, 6.45) is 1.94. The van der Waals surface area contributed by atoms with Crippen LogP contribution in [0.2, 0.25) is 5.02 Å². The Morgan fingerprint density at radius 1 is 0.825 bits per heavy atom. The van der Waals surface area contributed by atoms with Gasteiger partial charge in [-0.1, -0.05) is 78.3 Å². The molecule has 0 fully saturated rings. The maximum atomic E-state index is 13.9. The Balaban J connectivity index is 1.37. The second-order valence-electron chi connectivity index (χ2n) is 9.45. The Hall–Kier alpha value is -4.94. The van der Waals surface area contributed by atoms with E-state index in [0.717, 1.165) is 22.3 Å². The number of nitrogens with one attached hydrogen (secondary N) is 1. The number of hydrogen-bond acceptors (Lipinski definition) is 4. The third-order valence-corrected chi connectivity index (χ3v) is 6.97. The monoisotopic (exact) mass is 545 g/mol. The number of rotatable bonds is 7. The number of anilines is 1. The predicted octanol–water partition coefficient (Wildman–Crippen LogP) is 7.20. The molecule has 0 spiro atoms. The highest BCUT2D eigenvalue weighted by Crippen LogP contribution is 2.23. The summed E-state index contributed by atoms with van der Waals surface area (Å²) in [6, 6.07) is 34.2. The summed E-state index contributed by atoms with van der Waals surface area (Å²) in [4.78, 5) is 31.3. The van der Waals surface area contributed by atoms with Crippen molar-refractivity contribution in [3.63, 3.8) is 0 Å². The molecular weight excluding hydrogens is 522 g/mol. The number of carbonyl (C=O) groups excluding carboxylic acids is 1. The van der Waals surface area contributed by atoms with E-state index in [1.165, 1.54) is 6.26 Å². The van der Waals surface area contributed by atoms with Crippen LogP contribution >= 0.6 is 11.6 Å². The van der Waals surface area contributed by atoms with Gasteiger partial charge in [-0.05, 0) is 64.7 Å². The largest absolute Gasteiger partial charge is 0.459 e. The Morgan fingerprint density at radius 3 is 2.25 bits per heavy atom.